The molecule has 0 spiro atoms. The molecule has 7 nitrogen and oxygen atoms in total. The number of nitrogens with zero attached hydrogens (tertiary/aromatic N) is 1. The minimum Gasteiger partial charge on any atom is -0.494 e. The molecule has 24 heavy (non-hydrogen) atoms. The average molecular weight is 356 g/mol. The van der Waals surface area contributed by atoms with E-state index in [2.05, 4.69) is 6.92 Å². The first-order valence-electron chi connectivity index (χ1n) is 8.16. The lowest BCUT2D eigenvalue weighted by molar-refractivity contribution is -0.134. The Labute approximate surface area is 142 Å². The van der Waals surface area contributed by atoms with E-state index in [9.17, 15) is 13.2 Å². The van der Waals surface area contributed by atoms with Crippen LogP contribution in [0.3, 0.4) is 0 Å². The molecule has 1 aliphatic rings. The largest absolute Gasteiger partial charge is 0.494 e. The molecule has 2 rings (SSSR count). The lowest BCUT2D eigenvalue weighted by Crippen LogP contribution is -2.42. The highest BCUT2D eigenvalue weighted by Crippen LogP contribution is 2.25. The van der Waals surface area contributed by atoms with E-state index in [0.717, 1.165) is 12.8 Å². The summed E-state index contributed by atoms with van der Waals surface area (Å²) in [5, 5.41) is 8.65. The third-order valence-electron chi connectivity index (χ3n) is 4.16. The van der Waals surface area contributed by atoms with Crippen molar-refractivity contribution in [2.24, 2.45) is 5.92 Å². The summed E-state index contributed by atoms with van der Waals surface area (Å²) < 4.78 is 32.2. The number of unbranched alkanes of at least 4 members (excludes halogenated alkanes) is 1. The first kappa shape index (κ1) is 18.7. The molecule has 0 aliphatic carbocycles. The molecule has 134 valence electrons. The van der Waals surface area contributed by atoms with Crippen LogP contribution >= 0.6 is 0 Å². The molecule has 0 bridgehead atoms. The van der Waals surface area contributed by atoms with E-state index in [4.69, 9.17) is 9.94 Å². The first-order valence-corrected chi connectivity index (χ1v) is 9.60. The van der Waals surface area contributed by atoms with Crippen molar-refractivity contribution >= 4 is 15.9 Å². The highest BCUT2D eigenvalue weighted by Gasteiger charge is 2.31. The molecule has 1 heterocycles. The Kier molecular flexibility index (Phi) is 6.59. The molecule has 0 saturated carbocycles. The molecule has 1 amide bonds. The number of piperidine rings is 1. The Balaban J connectivity index is 1.99. The maximum atomic E-state index is 12.6. The Bertz CT molecular complexity index is 637. The van der Waals surface area contributed by atoms with Gasteiger partial charge in [0.15, 0.2) is 0 Å². The number of benzene rings is 1. The fraction of sp³-hybridized carbons (Fsp3) is 0.562. The van der Waals surface area contributed by atoms with Crippen LogP contribution in [0.1, 0.15) is 32.6 Å². The normalized spacial score (nSPS) is 16.8. The van der Waals surface area contributed by atoms with Gasteiger partial charge in [0, 0.05) is 19.0 Å². The van der Waals surface area contributed by atoms with Crippen LogP contribution < -0.4 is 10.2 Å². The number of carbonyl (C=O) groups excluding carboxylic acids is 1. The number of hydroxylamine groups is 1. The van der Waals surface area contributed by atoms with Crippen LogP contribution in [0.25, 0.3) is 0 Å². The molecule has 1 aromatic rings. The minimum absolute atomic E-state index is 0.218. The lowest BCUT2D eigenvalue weighted by atomic mass is 9.98. The zero-order valence-corrected chi connectivity index (χ0v) is 14.6. The molecular weight excluding hydrogens is 332 g/mol. The monoisotopic (exact) mass is 356 g/mol. The van der Waals surface area contributed by atoms with Crippen LogP contribution in [-0.4, -0.2) is 43.5 Å². The van der Waals surface area contributed by atoms with E-state index >= 15 is 0 Å². The van der Waals surface area contributed by atoms with Crippen LogP contribution in [-0.2, 0) is 14.8 Å². The van der Waals surface area contributed by atoms with Gasteiger partial charge in [0.25, 0.3) is 0 Å². The summed E-state index contributed by atoms with van der Waals surface area (Å²) in [5.41, 5.74) is 1.63. The Morgan fingerprint density at radius 1 is 1.29 bits per heavy atom. The van der Waals surface area contributed by atoms with Gasteiger partial charge in [-0.1, -0.05) is 13.3 Å². The van der Waals surface area contributed by atoms with E-state index in [1.807, 2.05) is 0 Å². The second kappa shape index (κ2) is 8.46. The van der Waals surface area contributed by atoms with Crippen molar-refractivity contribution in [3.05, 3.63) is 24.3 Å². The second-order valence-electron chi connectivity index (χ2n) is 5.83. The van der Waals surface area contributed by atoms with Gasteiger partial charge in [0.2, 0.25) is 15.9 Å². The standard InChI is InChI=1S/C16H24N2O5S/c1-2-3-12-23-14-4-6-15(7-5-14)24(21,22)18-10-8-13(9-11-18)16(19)17-20/h4-7,13,20H,2-3,8-12H2,1H3,(H,17,19). The van der Waals surface area contributed by atoms with Crippen molar-refractivity contribution in [1.29, 1.82) is 0 Å². The third-order valence-corrected chi connectivity index (χ3v) is 6.08. The summed E-state index contributed by atoms with van der Waals surface area (Å²) in [6.45, 7) is 3.21. The SMILES string of the molecule is CCCCOc1ccc(S(=O)(=O)N2CCC(C(=O)NO)CC2)cc1. The number of rotatable bonds is 7. The fourth-order valence-electron chi connectivity index (χ4n) is 2.64. The van der Waals surface area contributed by atoms with Crippen molar-refractivity contribution in [1.82, 2.24) is 9.79 Å². The number of sulfonamides is 1. The van der Waals surface area contributed by atoms with E-state index in [1.54, 1.807) is 29.7 Å². The van der Waals surface area contributed by atoms with Crippen LogP contribution in [0.2, 0.25) is 0 Å². The smallest absolute Gasteiger partial charge is 0.246 e. The topological polar surface area (TPSA) is 95.9 Å². The van der Waals surface area contributed by atoms with Crippen molar-refractivity contribution in [3.8, 4) is 5.75 Å². The molecule has 0 unspecified atom stereocenters. The molecule has 1 aromatic carbocycles. The number of hydrogen-bond acceptors (Lipinski definition) is 5. The van der Waals surface area contributed by atoms with Gasteiger partial charge < -0.3 is 4.74 Å². The van der Waals surface area contributed by atoms with Crippen molar-refractivity contribution in [3.63, 3.8) is 0 Å². The summed E-state index contributed by atoms with van der Waals surface area (Å²) in [6.07, 6.45) is 2.78. The number of amides is 1. The number of nitrogens with one attached hydrogen (secondary N) is 1. The zero-order chi connectivity index (χ0) is 17.6. The molecule has 0 radical (unpaired) electrons. The predicted molar refractivity (Wildman–Crippen MR) is 88.3 cm³/mol. The van der Waals surface area contributed by atoms with Gasteiger partial charge in [-0.3, -0.25) is 10.0 Å². The molecule has 0 aromatic heterocycles. The fourth-order valence-corrected chi connectivity index (χ4v) is 4.11. The van der Waals surface area contributed by atoms with Gasteiger partial charge in [0.05, 0.1) is 11.5 Å². The molecule has 1 fully saturated rings. The van der Waals surface area contributed by atoms with Crippen LogP contribution in [0.15, 0.2) is 29.2 Å². The molecule has 0 atom stereocenters. The summed E-state index contributed by atoms with van der Waals surface area (Å²) in [4.78, 5) is 11.6. The summed E-state index contributed by atoms with van der Waals surface area (Å²) in [6, 6.07) is 6.41. The van der Waals surface area contributed by atoms with E-state index in [0.29, 0.717) is 25.2 Å². The van der Waals surface area contributed by atoms with E-state index in [-0.39, 0.29) is 23.9 Å². The van der Waals surface area contributed by atoms with Crippen LogP contribution in [0.4, 0.5) is 0 Å². The van der Waals surface area contributed by atoms with Crippen LogP contribution in [0.5, 0.6) is 5.75 Å². The average Bonchev–Trinajstić information content (AvgIpc) is 2.62. The second-order valence-corrected chi connectivity index (χ2v) is 7.77. The predicted octanol–water partition coefficient (Wildman–Crippen LogP) is 1.77. The summed E-state index contributed by atoms with van der Waals surface area (Å²) in [5.74, 6) is -0.155. The van der Waals surface area contributed by atoms with Crippen molar-refractivity contribution in [2.45, 2.75) is 37.5 Å². The zero-order valence-electron chi connectivity index (χ0n) is 13.8. The van der Waals surface area contributed by atoms with E-state index in [1.165, 1.54) is 4.31 Å². The number of ether oxygens (including phenoxy) is 1. The van der Waals surface area contributed by atoms with Gasteiger partial charge >= 0.3 is 0 Å². The quantitative estimate of drug-likeness (QED) is 0.441. The number of hydrogen-bond donors (Lipinski definition) is 2. The number of carbonyl (C=O) groups is 1. The van der Waals surface area contributed by atoms with Crippen molar-refractivity contribution < 1.29 is 23.2 Å². The highest BCUT2D eigenvalue weighted by molar-refractivity contribution is 7.89. The summed E-state index contributed by atoms with van der Waals surface area (Å²) in [7, 11) is -3.58. The minimum atomic E-state index is -3.58. The Morgan fingerprint density at radius 3 is 2.46 bits per heavy atom. The van der Waals surface area contributed by atoms with E-state index < -0.39 is 15.9 Å². The van der Waals surface area contributed by atoms with Gasteiger partial charge in [-0.25, -0.2) is 13.9 Å². The Hall–Kier alpha value is -1.64. The lowest BCUT2D eigenvalue weighted by Gasteiger charge is -2.30. The van der Waals surface area contributed by atoms with Crippen LogP contribution in [0, 0.1) is 5.92 Å². The first-order chi connectivity index (χ1) is 11.5. The molecule has 8 heteroatoms. The van der Waals surface area contributed by atoms with Crippen molar-refractivity contribution in [2.75, 3.05) is 19.7 Å². The molecule has 1 saturated heterocycles. The molecule has 2 N–H and O–H groups in total. The molecular formula is C16H24N2O5S. The van der Waals surface area contributed by atoms with Gasteiger partial charge in [-0.2, -0.15) is 4.31 Å². The maximum Gasteiger partial charge on any atom is 0.246 e. The maximum absolute atomic E-state index is 12.6. The van der Waals surface area contributed by atoms with Gasteiger partial charge in [0.1, 0.15) is 5.75 Å². The van der Waals surface area contributed by atoms with Gasteiger partial charge in [-0.15, -0.1) is 0 Å². The highest BCUT2D eigenvalue weighted by atomic mass is 32.2. The Morgan fingerprint density at radius 2 is 1.92 bits per heavy atom. The third kappa shape index (κ3) is 4.46. The van der Waals surface area contributed by atoms with Gasteiger partial charge in [-0.05, 0) is 43.5 Å². The summed E-state index contributed by atoms with van der Waals surface area (Å²) >= 11 is 0. The molecule has 1 aliphatic heterocycles.